The molecule has 1 unspecified atom stereocenters. The Morgan fingerprint density at radius 2 is 2.36 bits per heavy atom. The molecule has 0 saturated carbocycles. The monoisotopic (exact) mass is 196 g/mol. The molecule has 1 aromatic rings. The maximum atomic E-state index is 12.8. The van der Waals surface area contributed by atoms with E-state index in [0.29, 0.717) is 17.9 Å². The lowest BCUT2D eigenvalue weighted by Gasteiger charge is -2.12. The molecule has 1 rings (SSSR count). The highest BCUT2D eigenvalue weighted by Gasteiger charge is 2.09. The van der Waals surface area contributed by atoms with E-state index in [1.54, 1.807) is 13.0 Å². The van der Waals surface area contributed by atoms with Gasteiger partial charge in [-0.1, -0.05) is 12.7 Å². The van der Waals surface area contributed by atoms with E-state index in [4.69, 9.17) is 4.74 Å². The largest absolute Gasteiger partial charge is 0.489 e. The van der Waals surface area contributed by atoms with E-state index in [1.165, 1.54) is 18.2 Å². The fraction of sp³-hybridized carbons (Fsp3) is 0.273. The lowest BCUT2D eigenvalue weighted by molar-refractivity contribution is 0.192. The Labute approximate surface area is 82.6 Å². The first-order valence-electron chi connectivity index (χ1n) is 4.36. The molecule has 0 bridgehead atoms. The van der Waals surface area contributed by atoms with E-state index in [0.717, 1.165) is 0 Å². The highest BCUT2D eigenvalue weighted by atomic mass is 19.1. The van der Waals surface area contributed by atoms with Crippen molar-refractivity contribution < 1.29 is 14.2 Å². The fourth-order valence-corrected chi connectivity index (χ4v) is 1.13. The van der Waals surface area contributed by atoms with Crippen LogP contribution in [-0.4, -0.2) is 11.7 Å². The maximum absolute atomic E-state index is 12.8. The maximum Gasteiger partial charge on any atom is 0.125 e. The Morgan fingerprint density at radius 1 is 1.64 bits per heavy atom. The van der Waals surface area contributed by atoms with Gasteiger partial charge in [0.2, 0.25) is 0 Å². The molecule has 3 heteroatoms. The minimum atomic E-state index is -0.745. The number of aliphatic hydroxyl groups excluding tert-OH is 1. The molecular formula is C11H13FO2. The van der Waals surface area contributed by atoms with Crippen LogP contribution in [0.3, 0.4) is 0 Å². The Morgan fingerprint density at radius 3 is 2.93 bits per heavy atom. The van der Waals surface area contributed by atoms with Crippen molar-refractivity contribution in [3.8, 4) is 5.75 Å². The van der Waals surface area contributed by atoms with Crippen molar-refractivity contribution in [3.05, 3.63) is 42.2 Å². The van der Waals surface area contributed by atoms with Gasteiger partial charge in [0.05, 0.1) is 6.10 Å². The summed E-state index contributed by atoms with van der Waals surface area (Å²) in [5.41, 5.74) is 0.451. The van der Waals surface area contributed by atoms with Gasteiger partial charge in [0.25, 0.3) is 0 Å². The topological polar surface area (TPSA) is 29.5 Å². The summed E-state index contributed by atoms with van der Waals surface area (Å²) in [6.45, 7) is 5.41. The molecule has 0 aromatic heterocycles. The van der Waals surface area contributed by atoms with Gasteiger partial charge >= 0.3 is 0 Å². The third kappa shape index (κ3) is 2.57. The molecule has 0 amide bonds. The summed E-state index contributed by atoms with van der Waals surface area (Å²) < 4.78 is 18.1. The number of ether oxygens (including phenoxy) is 1. The van der Waals surface area contributed by atoms with Gasteiger partial charge in [0.15, 0.2) is 0 Å². The highest BCUT2D eigenvalue weighted by Crippen LogP contribution is 2.25. The van der Waals surface area contributed by atoms with E-state index < -0.39 is 6.10 Å². The van der Waals surface area contributed by atoms with Crippen molar-refractivity contribution >= 4 is 0 Å². The number of hydrogen-bond donors (Lipinski definition) is 1. The van der Waals surface area contributed by atoms with Gasteiger partial charge in [-0.2, -0.15) is 0 Å². The third-order valence-corrected chi connectivity index (χ3v) is 1.78. The summed E-state index contributed by atoms with van der Waals surface area (Å²) in [5.74, 6) is 0.105. The lowest BCUT2D eigenvalue weighted by atomic mass is 10.1. The summed E-state index contributed by atoms with van der Waals surface area (Å²) >= 11 is 0. The highest BCUT2D eigenvalue weighted by molar-refractivity contribution is 5.35. The van der Waals surface area contributed by atoms with Gasteiger partial charge in [-0.3, -0.25) is 0 Å². The zero-order chi connectivity index (χ0) is 10.6. The smallest absolute Gasteiger partial charge is 0.125 e. The number of rotatable bonds is 4. The average molecular weight is 196 g/mol. The molecule has 0 fully saturated rings. The van der Waals surface area contributed by atoms with E-state index >= 15 is 0 Å². The molecule has 0 saturated heterocycles. The van der Waals surface area contributed by atoms with E-state index in [9.17, 15) is 9.50 Å². The molecule has 1 aromatic carbocycles. The summed E-state index contributed by atoms with van der Waals surface area (Å²) in [5, 5.41) is 9.36. The van der Waals surface area contributed by atoms with Gasteiger partial charge in [0.1, 0.15) is 18.2 Å². The molecule has 1 N–H and O–H groups in total. The van der Waals surface area contributed by atoms with Crippen molar-refractivity contribution in [1.82, 2.24) is 0 Å². The Kier molecular flexibility index (Phi) is 3.65. The predicted octanol–water partition coefficient (Wildman–Crippen LogP) is 2.44. The zero-order valence-corrected chi connectivity index (χ0v) is 8.03. The standard InChI is InChI=1S/C11H13FO2/c1-3-6-14-11-5-4-9(12)7-10(11)8(2)13/h3-5,7-8,13H,1,6H2,2H3. The van der Waals surface area contributed by atoms with Gasteiger partial charge in [-0.15, -0.1) is 0 Å². The second kappa shape index (κ2) is 4.77. The quantitative estimate of drug-likeness (QED) is 0.749. The zero-order valence-electron chi connectivity index (χ0n) is 8.03. The van der Waals surface area contributed by atoms with Gasteiger partial charge < -0.3 is 9.84 Å². The average Bonchev–Trinajstić information content (AvgIpc) is 2.15. The van der Waals surface area contributed by atoms with Gasteiger partial charge in [-0.05, 0) is 25.1 Å². The molecular weight excluding hydrogens is 183 g/mol. The first-order chi connectivity index (χ1) is 6.65. The van der Waals surface area contributed by atoms with Gasteiger partial charge in [0, 0.05) is 5.56 Å². The summed E-state index contributed by atoms with van der Waals surface area (Å²) in [6, 6.07) is 4.06. The predicted molar refractivity (Wildman–Crippen MR) is 52.7 cm³/mol. The molecule has 0 radical (unpaired) electrons. The first kappa shape index (κ1) is 10.7. The van der Waals surface area contributed by atoms with Crippen LogP contribution in [0.2, 0.25) is 0 Å². The molecule has 0 heterocycles. The molecule has 0 aliphatic heterocycles. The van der Waals surface area contributed by atoms with Gasteiger partial charge in [-0.25, -0.2) is 4.39 Å². The second-order valence-electron chi connectivity index (χ2n) is 2.96. The Hall–Kier alpha value is -1.35. The van der Waals surface area contributed by atoms with Crippen molar-refractivity contribution in [1.29, 1.82) is 0 Å². The summed E-state index contributed by atoms with van der Waals surface area (Å²) in [6.07, 6.45) is 0.848. The minimum Gasteiger partial charge on any atom is -0.489 e. The number of hydrogen-bond acceptors (Lipinski definition) is 2. The summed E-state index contributed by atoms with van der Waals surface area (Å²) in [4.78, 5) is 0. The Bertz CT molecular complexity index is 321. The molecule has 1 atom stereocenters. The fourth-order valence-electron chi connectivity index (χ4n) is 1.13. The third-order valence-electron chi connectivity index (χ3n) is 1.78. The van der Waals surface area contributed by atoms with E-state index in [2.05, 4.69) is 6.58 Å². The van der Waals surface area contributed by atoms with Crippen LogP contribution in [0, 0.1) is 5.82 Å². The minimum absolute atomic E-state index is 0.339. The molecule has 2 nitrogen and oxygen atoms in total. The molecule has 14 heavy (non-hydrogen) atoms. The van der Waals surface area contributed by atoms with Crippen LogP contribution in [0.4, 0.5) is 4.39 Å². The summed E-state index contributed by atoms with van der Waals surface area (Å²) in [7, 11) is 0. The molecule has 0 spiro atoms. The van der Waals surface area contributed by atoms with Crippen molar-refractivity contribution in [2.45, 2.75) is 13.0 Å². The van der Waals surface area contributed by atoms with E-state index in [-0.39, 0.29) is 5.82 Å². The molecule has 0 aliphatic carbocycles. The lowest BCUT2D eigenvalue weighted by Crippen LogP contribution is -2.00. The first-order valence-corrected chi connectivity index (χ1v) is 4.36. The SMILES string of the molecule is C=CCOc1ccc(F)cc1C(C)O. The van der Waals surface area contributed by atoms with E-state index in [1.807, 2.05) is 0 Å². The number of halogens is 1. The van der Waals surface area contributed by atoms with Crippen molar-refractivity contribution in [3.63, 3.8) is 0 Å². The molecule has 0 aliphatic rings. The second-order valence-corrected chi connectivity index (χ2v) is 2.96. The normalized spacial score (nSPS) is 12.2. The molecule has 76 valence electrons. The van der Waals surface area contributed by atoms with Crippen LogP contribution in [0.15, 0.2) is 30.9 Å². The van der Waals surface area contributed by atoms with Crippen LogP contribution < -0.4 is 4.74 Å². The van der Waals surface area contributed by atoms with Crippen LogP contribution in [-0.2, 0) is 0 Å². The van der Waals surface area contributed by atoms with Crippen LogP contribution in [0.5, 0.6) is 5.75 Å². The van der Waals surface area contributed by atoms with Crippen molar-refractivity contribution in [2.24, 2.45) is 0 Å². The van der Waals surface area contributed by atoms with Crippen LogP contribution in [0.25, 0.3) is 0 Å². The van der Waals surface area contributed by atoms with Crippen LogP contribution >= 0.6 is 0 Å². The van der Waals surface area contributed by atoms with Crippen molar-refractivity contribution in [2.75, 3.05) is 6.61 Å². The number of benzene rings is 1. The van der Waals surface area contributed by atoms with Crippen LogP contribution in [0.1, 0.15) is 18.6 Å². The number of aliphatic hydroxyl groups is 1. The Balaban J connectivity index is 2.95.